The molecule has 1 aromatic carbocycles. The Bertz CT molecular complexity index is 1280. The average molecular weight is 511 g/mol. The van der Waals surface area contributed by atoms with E-state index in [9.17, 15) is 14.4 Å². The fourth-order valence-electron chi connectivity index (χ4n) is 3.73. The van der Waals surface area contributed by atoms with Crippen LogP contribution in [0.15, 0.2) is 65.9 Å². The monoisotopic (exact) mass is 510 g/mol. The number of benzene rings is 1. The number of fused-ring (bicyclic) bond motifs is 1. The molecule has 0 spiro atoms. The molecule has 0 aliphatic carbocycles. The van der Waals surface area contributed by atoms with Crippen LogP contribution in [0.1, 0.15) is 5.01 Å². The first-order valence-corrected chi connectivity index (χ1v) is 12.6. The molecule has 0 bridgehead atoms. The highest BCUT2D eigenvalue weighted by atomic mass is 32.2. The van der Waals surface area contributed by atoms with Crippen molar-refractivity contribution < 1.29 is 19.1 Å². The Balaban J connectivity index is 1.31. The van der Waals surface area contributed by atoms with E-state index in [1.165, 1.54) is 28.0 Å². The van der Waals surface area contributed by atoms with Crippen molar-refractivity contribution in [2.24, 2.45) is 0 Å². The van der Waals surface area contributed by atoms with Crippen molar-refractivity contribution in [3.05, 3.63) is 70.9 Å². The maximum absolute atomic E-state index is 12.9. The van der Waals surface area contributed by atoms with Crippen molar-refractivity contribution in [1.82, 2.24) is 20.2 Å². The number of para-hydroxylation sites is 1. The number of thiazole rings is 1. The Kier molecular flexibility index (Phi) is 6.40. The molecular formula is C23H18N4O4S3. The fourth-order valence-corrected chi connectivity index (χ4v) is 6.29. The van der Waals surface area contributed by atoms with E-state index >= 15 is 0 Å². The van der Waals surface area contributed by atoms with E-state index in [4.69, 9.17) is 4.74 Å². The second kappa shape index (κ2) is 9.61. The maximum atomic E-state index is 12.9. The summed E-state index contributed by atoms with van der Waals surface area (Å²) in [4.78, 5) is 47.8. The molecule has 0 unspecified atom stereocenters. The average Bonchev–Trinajstić information content (AvgIpc) is 3.36. The summed E-state index contributed by atoms with van der Waals surface area (Å²) in [7, 11) is 0. The standard InChI is InChI=1S/C23H18N4O4S3/c28-17(10-31-14-4-2-1-3-5-14)26-18-21(29)27-19(23(30)32)15(11-34-22(18)27)20-25-16(12-33-20)13-6-8-24-9-7-13/h1-9,12,18,22H,10-11H2,(H,26,28)(H,30,32)/t18-,22-/m1/s1. The van der Waals surface area contributed by atoms with Gasteiger partial charge in [-0.3, -0.25) is 24.3 Å². The van der Waals surface area contributed by atoms with Gasteiger partial charge in [0.2, 0.25) is 5.12 Å². The van der Waals surface area contributed by atoms with Crippen LogP contribution in [-0.2, 0) is 14.4 Å². The lowest BCUT2D eigenvalue weighted by atomic mass is 10.0. The number of β-lactam (4-membered cyclic amide) rings is 1. The first-order chi connectivity index (χ1) is 16.5. The minimum atomic E-state index is -0.732. The predicted octanol–water partition coefficient (Wildman–Crippen LogP) is 2.85. The molecule has 0 saturated carbocycles. The van der Waals surface area contributed by atoms with Crippen LogP contribution >= 0.6 is 35.7 Å². The molecule has 2 atom stereocenters. The summed E-state index contributed by atoms with van der Waals surface area (Å²) in [6, 6.07) is 11.9. The number of amides is 2. The summed E-state index contributed by atoms with van der Waals surface area (Å²) in [5, 5.41) is 4.39. The predicted molar refractivity (Wildman–Crippen MR) is 133 cm³/mol. The molecule has 34 heavy (non-hydrogen) atoms. The first-order valence-electron chi connectivity index (χ1n) is 10.3. The van der Waals surface area contributed by atoms with Gasteiger partial charge >= 0.3 is 0 Å². The van der Waals surface area contributed by atoms with Crippen molar-refractivity contribution in [2.45, 2.75) is 11.4 Å². The number of nitrogens with zero attached hydrogens (tertiary/aromatic N) is 3. The van der Waals surface area contributed by atoms with Gasteiger partial charge in [-0.05, 0) is 24.3 Å². The number of aromatic nitrogens is 2. The van der Waals surface area contributed by atoms with E-state index in [2.05, 4.69) is 27.9 Å². The largest absolute Gasteiger partial charge is 0.484 e. The number of carbonyl (C=O) groups excluding carboxylic acids is 3. The van der Waals surface area contributed by atoms with Crippen LogP contribution in [0.5, 0.6) is 5.75 Å². The minimum Gasteiger partial charge on any atom is -0.484 e. The van der Waals surface area contributed by atoms with Gasteiger partial charge < -0.3 is 10.1 Å². The van der Waals surface area contributed by atoms with Gasteiger partial charge in [-0.15, -0.1) is 23.1 Å². The smallest absolute Gasteiger partial charge is 0.258 e. The molecular weight excluding hydrogens is 492 g/mol. The first kappa shape index (κ1) is 22.6. The molecule has 11 heteroatoms. The van der Waals surface area contributed by atoms with E-state index in [1.807, 2.05) is 35.7 Å². The summed E-state index contributed by atoms with van der Waals surface area (Å²) in [5.41, 5.74) is 2.57. The van der Waals surface area contributed by atoms with Crippen molar-refractivity contribution in [1.29, 1.82) is 0 Å². The van der Waals surface area contributed by atoms with Crippen LogP contribution in [-0.4, -0.2) is 55.6 Å². The van der Waals surface area contributed by atoms with Crippen LogP contribution in [0.4, 0.5) is 0 Å². The molecule has 2 aliphatic rings. The summed E-state index contributed by atoms with van der Waals surface area (Å²) in [5.74, 6) is 0.270. The number of carbonyl (C=O) groups is 3. The highest BCUT2D eigenvalue weighted by Crippen LogP contribution is 2.44. The van der Waals surface area contributed by atoms with Gasteiger partial charge in [-0.1, -0.05) is 30.8 Å². The van der Waals surface area contributed by atoms with Gasteiger partial charge in [0, 0.05) is 34.7 Å². The van der Waals surface area contributed by atoms with Gasteiger partial charge in [0.05, 0.1) is 5.69 Å². The zero-order valence-electron chi connectivity index (χ0n) is 17.6. The molecule has 1 N–H and O–H groups in total. The second-order valence-corrected chi connectivity index (χ2v) is 9.83. The lowest BCUT2D eigenvalue weighted by molar-refractivity contribution is -0.147. The molecule has 8 nitrogen and oxygen atoms in total. The van der Waals surface area contributed by atoms with Crippen molar-refractivity contribution >= 4 is 58.2 Å². The van der Waals surface area contributed by atoms with E-state index in [0.717, 1.165) is 11.3 Å². The third kappa shape index (κ3) is 4.33. The van der Waals surface area contributed by atoms with Crippen LogP contribution in [0.3, 0.4) is 0 Å². The highest BCUT2D eigenvalue weighted by Gasteiger charge is 2.54. The number of ether oxygens (including phenoxy) is 1. The number of nitrogens with one attached hydrogen (secondary N) is 1. The summed E-state index contributed by atoms with van der Waals surface area (Å²) in [6.45, 7) is -0.207. The van der Waals surface area contributed by atoms with E-state index in [1.54, 1.807) is 24.5 Å². The van der Waals surface area contributed by atoms with Gasteiger partial charge in [0.25, 0.3) is 11.8 Å². The Morgan fingerprint density at radius 1 is 1.18 bits per heavy atom. The van der Waals surface area contributed by atoms with Crippen LogP contribution < -0.4 is 10.1 Å². The summed E-state index contributed by atoms with van der Waals surface area (Å²) in [6.07, 6.45) is 3.38. The molecule has 2 amide bonds. The molecule has 2 aliphatic heterocycles. The minimum absolute atomic E-state index is 0.207. The van der Waals surface area contributed by atoms with E-state index < -0.39 is 17.1 Å². The quantitative estimate of drug-likeness (QED) is 0.372. The van der Waals surface area contributed by atoms with Crippen molar-refractivity contribution in [3.63, 3.8) is 0 Å². The maximum Gasteiger partial charge on any atom is 0.258 e. The van der Waals surface area contributed by atoms with Gasteiger partial charge in [0.15, 0.2) is 6.61 Å². The number of thiol groups is 1. The number of hydrogen-bond acceptors (Lipinski definition) is 8. The molecule has 3 aromatic rings. The Morgan fingerprint density at radius 2 is 1.94 bits per heavy atom. The Hall–Kier alpha value is -3.15. The van der Waals surface area contributed by atoms with E-state index in [0.29, 0.717) is 22.1 Å². The van der Waals surface area contributed by atoms with Gasteiger partial charge in [0.1, 0.15) is 27.9 Å². The highest BCUT2D eigenvalue weighted by molar-refractivity contribution is 8.00. The summed E-state index contributed by atoms with van der Waals surface area (Å²) < 4.78 is 5.45. The van der Waals surface area contributed by atoms with E-state index in [-0.39, 0.29) is 23.6 Å². The zero-order chi connectivity index (χ0) is 23.7. The molecule has 1 fully saturated rings. The molecule has 5 rings (SSSR count). The molecule has 1 saturated heterocycles. The number of hydrogen-bond donors (Lipinski definition) is 2. The van der Waals surface area contributed by atoms with Gasteiger partial charge in [-0.25, -0.2) is 4.98 Å². The number of thioether (sulfide) groups is 1. The third-order valence-corrected chi connectivity index (χ3v) is 7.73. The lowest BCUT2D eigenvalue weighted by Gasteiger charge is -2.49. The third-order valence-electron chi connectivity index (χ3n) is 5.34. The normalized spacial score (nSPS) is 19.3. The molecule has 172 valence electrons. The fraction of sp³-hybridized carbons (Fsp3) is 0.174. The second-order valence-electron chi connectivity index (χ2n) is 7.46. The zero-order valence-corrected chi connectivity index (χ0v) is 20.1. The molecule has 4 heterocycles. The van der Waals surface area contributed by atoms with Crippen molar-refractivity contribution in [3.8, 4) is 17.0 Å². The van der Waals surface area contributed by atoms with Crippen molar-refractivity contribution in [2.75, 3.05) is 12.4 Å². The molecule has 0 radical (unpaired) electrons. The molecule has 2 aromatic heterocycles. The Morgan fingerprint density at radius 3 is 2.68 bits per heavy atom. The van der Waals surface area contributed by atoms with Crippen LogP contribution in [0, 0.1) is 0 Å². The summed E-state index contributed by atoms with van der Waals surface area (Å²) >= 11 is 6.91. The van der Waals surface area contributed by atoms with Gasteiger partial charge in [-0.2, -0.15) is 0 Å². The topological polar surface area (TPSA) is 101 Å². The van der Waals surface area contributed by atoms with Crippen LogP contribution in [0.2, 0.25) is 0 Å². The Labute approximate surface area is 208 Å². The van der Waals surface area contributed by atoms with Crippen LogP contribution in [0.25, 0.3) is 16.8 Å². The number of pyridine rings is 1. The SMILES string of the molecule is O=C(COc1ccccc1)N[C@@H]1C(=O)N2C(C(=O)S)=C(c3nc(-c4ccncc4)cs3)CS[C@H]12. The lowest BCUT2D eigenvalue weighted by Crippen LogP contribution is -2.70. The number of rotatable bonds is 7.